The van der Waals surface area contributed by atoms with Gasteiger partial charge >= 0.3 is 0 Å². The first-order valence-corrected chi connectivity index (χ1v) is 8.93. The van der Waals surface area contributed by atoms with Gasteiger partial charge in [0.15, 0.2) is 0 Å². The maximum absolute atomic E-state index is 12.7. The number of hydrogen-bond acceptors (Lipinski definition) is 3. The molecule has 1 heterocycles. The Labute approximate surface area is 143 Å². The van der Waals surface area contributed by atoms with Gasteiger partial charge in [0.05, 0.1) is 17.7 Å². The number of carbonyl (C=O) groups is 1. The lowest BCUT2D eigenvalue weighted by molar-refractivity contribution is 0.0523. The Balaban J connectivity index is 1.59. The summed E-state index contributed by atoms with van der Waals surface area (Å²) >= 11 is 6.23. The molecule has 126 valence electrons. The van der Waals surface area contributed by atoms with Crippen LogP contribution in [0, 0.1) is 0 Å². The van der Waals surface area contributed by atoms with Crippen LogP contribution in [0.4, 0.5) is 0 Å². The van der Waals surface area contributed by atoms with Crippen LogP contribution in [0.25, 0.3) is 0 Å². The molecular formula is C18H25ClN2O2. The molecule has 2 fully saturated rings. The van der Waals surface area contributed by atoms with E-state index in [1.807, 2.05) is 4.90 Å². The number of nitrogens with zero attached hydrogens (tertiary/aromatic N) is 2. The summed E-state index contributed by atoms with van der Waals surface area (Å²) in [4.78, 5) is 17.2. The lowest BCUT2D eigenvalue weighted by Gasteiger charge is -2.40. The number of hydrogen-bond donors (Lipinski definition) is 0. The monoisotopic (exact) mass is 336 g/mol. The van der Waals surface area contributed by atoms with E-state index in [-0.39, 0.29) is 5.91 Å². The SMILES string of the molecule is COc1ccc(C(=O)N2CCN(C3CCCCC3)CC2)c(Cl)c1. The van der Waals surface area contributed by atoms with Crippen molar-refractivity contribution in [2.24, 2.45) is 0 Å². The molecule has 5 heteroatoms. The van der Waals surface area contributed by atoms with Gasteiger partial charge < -0.3 is 9.64 Å². The summed E-state index contributed by atoms with van der Waals surface area (Å²) in [6.07, 6.45) is 6.72. The maximum atomic E-state index is 12.7. The van der Waals surface area contributed by atoms with E-state index < -0.39 is 0 Å². The largest absolute Gasteiger partial charge is 0.497 e. The van der Waals surface area contributed by atoms with Crippen molar-refractivity contribution in [1.29, 1.82) is 0 Å². The zero-order chi connectivity index (χ0) is 16.2. The summed E-state index contributed by atoms with van der Waals surface area (Å²) in [6, 6.07) is 5.98. The minimum absolute atomic E-state index is 0.0287. The average molecular weight is 337 g/mol. The van der Waals surface area contributed by atoms with Crippen LogP contribution in [0.5, 0.6) is 5.75 Å². The van der Waals surface area contributed by atoms with Gasteiger partial charge in [-0.25, -0.2) is 0 Å². The highest BCUT2D eigenvalue weighted by Gasteiger charge is 2.28. The zero-order valence-electron chi connectivity index (χ0n) is 13.8. The summed E-state index contributed by atoms with van der Waals surface area (Å²) in [5.41, 5.74) is 0.568. The number of halogens is 1. The van der Waals surface area contributed by atoms with Crippen LogP contribution >= 0.6 is 11.6 Å². The van der Waals surface area contributed by atoms with Gasteiger partial charge in [0.2, 0.25) is 0 Å². The molecule has 23 heavy (non-hydrogen) atoms. The van der Waals surface area contributed by atoms with Crippen molar-refractivity contribution in [2.45, 2.75) is 38.1 Å². The third-order valence-corrected chi connectivity index (χ3v) is 5.41. The third-order valence-electron chi connectivity index (χ3n) is 5.10. The van der Waals surface area contributed by atoms with E-state index in [0.717, 1.165) is 32.2 Å². The minimum atomic E-state index is 0.0287. The van der Waals surface area contributed by atoms with Crippen LogP contribution in [0.3, 0.4) is 0 Å². The molecular weight excluding hydrogens is 312 g/mol. The van der Waals surface area contributed by atoms with Crippen molar-refractivity contribution < 1.29 is 9.53 Å². The second-order valence-corrected chi connectivity index (χ2v) is 6.87. The molecule has 1 amide bonds. The Hall–Kier alpha value is -1.26. The second kappa shape index (κ2) is 7.54. The normalized spacial score (nSPS) is 20.5. The summed E-state index contributed by atoms with van der Waals surface area (Å²) < 4.78 is 5.14. The summed E-state index contributed by atoms with van der Waals surface area (Å²) in [5, 5.41) is 0.462. The van der Waals surface area contributed by atoms with Crippen LogP contribution in [0.15, 0.2) is 18.2 Å². The average Bonchev–Trinajstić information content (AvgIpc) is 2.62. The van der Waals surface area contributed by atoms with Crippen LogP contribution in [0.1, 0.15) is 42.5 Å². The molecule has 1 saturated carbocycles. The summed E-state index contributed by atoms with van der Waals surface area (Å²) in [6.45, 7) is 3.53. The predicted octanol–water partition coefficient (Wildman–Crippen LogP) is 3.44. The van der Waals surface area contributed by atoms with Crippen molar-refractivity contribution in [3.63, 3.8) is 0 Å². The molecule has 1 aliphatic carbocycles. The van der Waals surface area contributed by atoms with Crippen molar-refractivity contribution in [1.82, 2.24) is 9.80 Å². The molecule has 1 saturated heterocycles. The Morgan fingerprint density at radius 1 is 1.13 bits per heavy atom. The number of carbonyl (C=O) groups excluding carboxylic acids is 1. The Morgan fingerprint density at radius 2 is 1.83 bits per heavy atom. The van der Waals surface area contributed by atoms with E-state index in [0.29, 0.717) is 16.3 Å². The van der Waals surface area contributed by atoms with Crippen LogP contribution < -0.4 is 4.74 Å². The van der Waals surface area contributed by atoms with Crippen LogP contribution in [0.2, 0.25) is 5.02 Å². The molecule has 0 unspecified atom stereocenters. The molecule has 3 rings (SSSR count). The van der Waals surface area contributed by atoms with E-state index >= 15 is 0 Å². The molecule has 0 aromatic heterocycles. The predicted molar refractivity (Wildman–Crippen MR) is 92.4 cm³/mol. The lowest BCUT2D eigenvalue weighted by atomic mass is 9.94. The Kier molecular flexibility index (Phi) is 5.44. The number of amides is 1. The van der Waals surface area contributed by atoms with Crippen molar-refractivity contribution in [3.05, 3.63) is 28.8 Å². The van der Waals surface area contributed by atoms with Crippen LogP contribution in [-0.4, -0.2) is 55.0 Å². The van der Waals surface area contributed by atoms with E-state index in [1.54, 1.807) is 25.3 Å². The number of methoxy groups -OCH3 is 1. The van der Waals surface area contributed by atoms with E-state index in [9.17, 15) is 4.79 Å². The summed E-state index contributed by atoms with van der Waals surface area (Å²) in [5.74, 6) is 0.703. The minimum Gasteiger partial charge on any atom is -0.497 e. The van der Waals surface area contributed by atoms with Gasteiger partial charge in [-0.15, -0.1) is 0 Å². The van der Waals surface area contributed by atoms with E-state index in [2.05, 4.69) is 4.90 Å². The highest BCUT2D eigenvalue weighted by atomic mass is 35.5. The van der Waals surface area contributed by atoms with Gasteiger partial charge in [0.1, 0.15) is 5.75 Å². The molecule has 4 nitrogen and oxygen atoms in total. The van der Waals surface area contributed by atoms with E-state index in [1.165, 1.54) is 32.1 Å². The zero-order valence-corrected chi connectivity index (χ0v) is 14.5. The number of ether oxygens (including phenoxy) is 1. The number of piperazine rings is 1. The first-order chi connectivity index (χ1) is 11.2. The first kappa shape index (κ1) is 16.6. The van der Waals surface area contributed by atoms with E-state index in [4.69, 9.17) is 16.3 Å². The quantitative estimate of drug-likeness (QED) is 0.847. The topological polar surface area (TPSA) is 32.8 Å². The van der Waals surface area contributed by atoms with Crippen molar-refractivity contribution in [3.8, 4) is 5.75 Å². The fourth-order valence-electron chi connectivity index (χ4n) is 3.70. The molecule has 0 bridgehead atoms. The van der Waals surface area contributed by atoms with Gasteiger partial charge in [0.25, 0.3) is 5.91 Å². The standard InChI is InChI=1S/C18H25ClN2O2/c1-23-15-7-8-16(17(19)13-15)18(22)21-11-9-20(10-12-21)14-5-3-2-4-6-14/h7-8,13-14H,2-6,9-12H2,1H3. The molecule has 0 radical (unpaired) electrons. The fourth-order valence-corrected chi connectivity index (χ4v) is 3.95. The lowest BCUT2D eigenvalue weighted by Crippen LogP contribution is -2.52. The van der Waals surface area contributed by atoms with Gasteiger partial charge in [-0.1, -0.05) is 30.9 Å². The van der Waals surface area contributed by atoms with Crippen LogP contribution in [-0.2, 0) is 0 Å². The van der Waals surface area contributed by atoms with Gasteiger partial charge in [0, 0.05) is 32.2 Å². The fraction of sp³-hybridized carbons (Fsp3) is 0.611. The summed E-state index contributed by atoms with van der Waals surface area (Å²) in [7, 11) is 1.59. The molecule has 0 N–H and O–H groups in total. The molecule has 1 aliphatic heterocycles. The molecule has 2 aliphatic rings. The highest BCUT2D eigenvalue weighted by molar-refractivity contribution is 6.34. The smallest absolute Gasteiger partial charge is 0.255 e. The van der Waals surface area contributed by atoms with Crippen molar-refractivity contribution >= 4 is 17.5 Å². The number of benzene rings is 1. The van der Waals surface area contributed by atoms with Gasteiger partial charge in [-0.2, -0.15) is 0 Å². The maximum Gasteiger partial charge on any atom is 0.255 e. The van der Waals surface area contributed by atoms with Gasteiger partial charge in [-0.05, 0) is 31.0 Å². The third kappa shape index (κ3) is 3.81. The highest BCUT2D eigenvalue weighted by Crippen LogP contribution is 2.26. The molecule has 1 aromatic rings. The first-order valence-electron chi connectivity index (χ1n) is 8.56. The number of rotatable bonds is 3. The Bertz CT molecular complexity index is 550. The second-order valence-electron chi connectivity index (χ2n) is 6.47. The molecule has 1 aromatic carbocycles. The molecule has 0 atom stereocenters. The van der Waals surface area contributed by atoms with Gasteiger partial charge in [-0.3, -0.25) is 9.69 Å². The molecule has 0 spiro atoms. The van der Waals surface area contributed by atoms with Crippen molar-refractivity contribution in [2.75, 3.05) is 33.3 Å². The Morgan fingerprint density at radius 3 is 2.43 bits per heavy atom.